The van der Waals surface area contributed by atoms with E-state index in [4.69, 9.17) is 11.7 Å². The Kier molecular flexibility index (Phi) is 2.64. The zero-order chi connectivity index (χ0) is 8.27. The first-order chi connectivity index (χ1) is 5.27. The van der Waals surface area contributed by atoms with Crippen molar-refractivity contribution in [2.75, 3.05) is 0 Å². The van der Waals surface area contributed by atoms with E-state index in [9.17, 15) is 0 Å². The molecule has 58 valence electrons. The van der Waals surface area contributed by atoms with Crippen LogP contribution in [-0.2, 0) is 13.2 Å². The second-order valence-electron chi connectivity index (χ2n) is 2.27. The van der Waals surface area contributed by atoms with E-state index >= 15 is 0 Å². The number of nitrogens with zero attached hydrogens (tertiary/aromatic N) is 1. The van der Waals surface area contributed by atoms with Crippen LogP contribution in [0.3, 0.4) is 0 Å². The fourth-order valence-electron chi connectivity index (χ4n) is 0.908. The van der Waals surface area contributed by atoms with E-state index in [1.165, 1.54) is 0 Å². The fraction of sp³-hybridized carbons (Fsp3) is 0.375. The van der Waals surface area contributed by atoms with Gasteiger partial charge in [0.05, 0.1) is 6.61 Å². The van der Waals surface area contributed by atoms with Crippen LogP contribution in [0.25, 0.3) is 4.85 Å². The van der Waals surface area contributed by atoms with Crippen LogP contribution in [0.2, 0.25) is 0 Å². The monoisotopic (exact) mass is 167 g/mol. The predicted molar refractivity (Wildman–Crippen MR) is 45.3 cm³/mol. The van der Waals surface area contributed by atoms with Crippen LogP contribution in [0.15, 0.2) is 6.07 Å². The molecule has 1 aromatic rings. The molecule has 0 fully saturated rings. The normalized spacial score (nSPS) is 9.55. The number of aliphatic hydroxyl groups excluding tert-OH is 1. The Bertz CT molecular complexity index is 285. The molecule has 0 bridgehead atoms. The lowest BCUT2D eigenvalue weighted by Crippen LogP contribution is -1.76. The molecule has 11 heavy (non-hydrogen) atoms. The summed E-state index contributed by atoms with van der Waals surface area (Å²) >= 11 is 1.56. The predicted octanol–water partition coefficient (Wildman–Crippen LogP) is 1.97. The molecule has 0 saturated heterocycles. The van der Waals surface area contributed by atoms with Crippen molar-refractivity contribution in [3.8, 4) is 0 Å². The minimum atomic E-state index is 0.0868. The van der Waals surface area contributed by atoms with Crippen molar-refractivity contribution in [2.24, 2.45) is 0 Å². The van der Waals surface area contributed by atoms with E-state index in [-0.39, 0.29) is 6.61 Å². The molecule has 0 saturated carbocycles. The summed E-state index contributed by atoms with van der Waals surface area (Å²) in [6.45, 7) is 9.17. The molecule has 0 aromatic carbocycles. The third-order valence-corrected chi connectivity index (χ3v) is 2.55. The minimum Gasteiger partial charge on any atom is -0.391 e. The molecular weight excluding hydrogens is 158 g/mol. The SMILES string of the molecule is [C-]#[N+]Cc1cc(CO)sc1C. The maximum absolute atomic E-state index is 8.78. The summed E-state index contributed by atoms with van der Waals surface area (Å²) in [6, 6.07) is 1.90. The van der Waals surface area contributed by atoms with Crippen molar-refractivity contribution < 1.29 is 5.11 Å². The third kappa shape index (κ3) is 1.79. The van der Waals surface area contributed by atoms with E-state index < -0.39 is 0 Å². The highest BCUT2D eigenvalue weighted by molar-refractivity contribution is 7.12. The smallest absolute Gasteiger partial charge is 0.240 e. The first-order valence-corrected chi connectivity index (χ1v) is 4.12. The summed E-state index contributed by atoms with van der Waals surface area (Å²) in [5.74, 6) is 0. The maximum atomic E-state index is 8.78. The van der Waals surface area contributed by atoms with Gasteiger partial charge in [-0.05, 0) is 13.0 Å². The number of aryl methyl sites for hydroxylation is 1. The summed E-state index contributed by atoms with van der Waals surface area (Å²) < 4.78 is 0. The van der Waals surface area contributed by atoms with Crippen LogP contribution in [0.5, 0.6) is 0 Å². The first kappa shape index (κ1) is 8.25. The van der Waals surface area contributed by atoms with E-state index in [1.54, 1.807) is 11.3 Å². The molecule has 0 aliphatic rings. The highest BCUT2D eigenvalue weighted by Crippen LogP contribution is 2.21. The Balaban J connectivity index is 2.90. The molecule has 1 heterocycles. The number of aliphatic hydroxyl groups is 1. The summed E-state index contributed by atoms with van der Waals surface area (Å²) in [5, 5.41) is 8.78. The quantitative estimate of drug-likeness (QED) is 0.669. The minimum absolute atomic E-state index is 0.0868. The molecule has 0 spiro atoms. The zero-order valence-corrected chi connectivity index (χ0v) is 7.11. The molecule has 0 aliphatic carbocycles. The Morgan fingerprint density at radius 1 is 1.73 bits per heavy atom. The molecular formula is C8H9NOS. The van der Waals surface area contributed by atoms with Crippen LogP contribution in [0.1, 0.15) is 15.3 Å². The lowest BCUT2D eigenvalue weighted by atomic mass is 10.2. The average molecular weight is 167 g/mol. The van der Waals surface area contributed by atoms with Gasteiger partial charge in [0.2, 0.25) is 6.54 Å². The maximum Gasteiger partial charge on any atom is 0.240 e. The lowest BCUT2D eigenvalue weighted by Gasteiger charge is -1.83. The molecule has 3 heteroatoms. The third-order valence-electron chi connectivity index (χ3n) is 1.48. The summed E-state index contributed by atoms with van der Waals surface area (Å²) in [6.07, 6.45) is 0. The van der Waals surface area contributed by atoms with Crippen molar-refractivity contribution in [1.82, 2.24) is 0 Å². The second kappa shape index (κ2) is 3.51. The summed E-state index contributed by atoms with van der Waals surface area (Å²) in [4.78, 5) is 5.38. The van der Waals surface area contributed by atoms with Crippen molar-refractivity contribution >= 4 is 11.3 Å². The first-order valence-electron chi connectivity index (χ1n) is 3.30. The molecule has 1 rings (SSSR count). The Labute approximate surface area is 69.9 Å². The van der Waals surface area contributed by atoms with Gasteiger partial charge in [0.15, 0.2) is 0 Å². The van der Waals surface area contributed by atoms with Crippen molar-refractivity contribution in [1.29, 1.82) is 0 Å². The molecule has 0 atom stereocenters. The van der Waals surface area contributed by atoms with Crippen LogP contribution in [0, 0.1) is 13.5 Å². The largest absolute Gasteiger partial charge is 0.391 e. The fourth-order valence-corrected chi connectivity index (χ4v) is 1.82. The van der Waals surface area contributed by atoms with Gasteiger partial charge in [0.1, 0.15) is 0 Å². The van der Waals surface area contributed by atoms with E-state index in [0.29, 0.717) is 6.54 Å². The van der Waals surface area contributed by atoms with Crippen LogP contribution >= 0.6 is 11.3 Å². The van der Waals surface area contributed by atoms with Crippen LogP contribution in [-0.4, -0.2) is 5.11 Å². The van der Waals surface area contributed by atoms with Gasteiger partial charge in [0.25, 0.3) is 0 Å². The highest BCUT2D eigenvalue weighted by Gasteiger charge is 2.05. The van der Waals surface area contributed by atoms with E-state index in [2.05, 4.69) is 4.85 Å². The number of thiophene rings is 1. The Morgan fingerprint density at radius 3 is 2.91 bits per heavy atom. The van der Waals surface area contributed by atoms with Gasteiger partial charge in [-0.3, -0.25) is 0 Å². The van der Waals surface area contributed by atoms with Crippen LogP contribution in [0.4, 0.5) is 0 Å². The average Bonchev–Trinajstić information content (AvgIpc) is 2.33. The van der Waals surface area contributed by atoms with Crippen LogP contribution < -0.4 is 0 Å². The van der Waals surface area contributed by atoms with Gasteiger partial charge in [-0.2, -0.15) is 0 Å². The van der Waals surface area contributed by atoms with Gasteiger partial charge in [-0.1, -0.05) is 0 Å². The molecule has 1 N–H and O–H groups in total. The van der Waals surface area contributed by atoms with Gasteiger partial charge in [0, 0.05) is 15.3 Å². The van der Waals surface area contributed by atoms with E-state index in [1.807, 2.05) is 13.0 Å². The highest BCUT2D eigenvalue weighted by atomic mass is 32.1. The molecule has 0 radical (unpaired) electrons. The van der Waals surface area contributed by atoms with E-state index in [0.717, 1.165) is 15.3 Å². The summed E-state index contributed by atoms with van der Waals surface area (Å²) in [7, 11) is 0. The molecule has 2 nitrogen and oxygen atoms in total. The number of rotatable bonds is 2. The van der Waals surface area contributed by atoms with Gasteiger partial charge < -0.3 is 9.95 Å². The standard InChI is InChI=1S/C8H9NOS/c1-6-7(4-9-2)3-8(5-10)11-6/h3,10H,4-5H2,1H3. The molecule has 0 amide bonds. The Morgan fingerprint density at radius 2 is 2.45 bits per heavy atom. The molecule has 1 aromatic heterocycles. The Hall–Kier alpha value is -0.850. The molecule has 0 aliphatic heterocycles. The topological polar surface area (TPSA) is 24.6 Å². The van der Waals surface area contributed by atoms with Gasteiger partial charge in [-0.15, -0.1) is 11.3 Å². The van der Waals surface area contributed by atoms with Crippen molar-refractivity contribution in [2.45, 2.75) is 20.1 Å². The number of hydrogen-bond acceptors (Lipinski definition) is 2. The van der Waals surface area contributed by atoms with Crippen molar-refractivity contribution in [3.05, 3.63) is 32.8 Å². The van der Waals surface area contributed by atoms with Crippen molar-refractivity contribution in [3.63, 3.8) is 0 Å². The second-order valence-corrected chi connectivity index (χ2v) is 3.61. The number of hydrogen-bond donors (Lipinski definition) is 1. The summed E-state index contributed by atoms with van der Waals surface area (Å²) in [5.41, 5.74) is 1.05. The van der Waals surface area contributed by atoms with Gasteiger partial charge in [-0.25, -0.2) is 6.57 Å². The molecule has 0 unspecified atom stereocenters. The lowest BCUT2D eigenvalue weighted by molar-refractivity contribution is 0.285. The zero-order valence-electron chi connectivity index (χ0n) is 6.29. The van der Waals surface area contributed by atoms with Gasteiger partial charge >= 0.3 is 0 Å².